The van der Waals surface area contributed by atoms with Crippen molar-refractivity contribution in [3.63, 3.8) is 0 Å². The second-order valence-corrected chi connectivity index (χ2v) is 4.05. The molecule has 0 fully saturated rings. The van der Waals surface area contributed by atoms with Crippen molar-refractivity contribution >= 4 is 11.8 Å². The van der Waals surface area contributed by atoms with Crippen LogP contribution in [0.1, 0.15) is 16.3 Å². The monoisotopic (exact) mass is 245 g/mol. The zero-order valence-corrected chi connectivity index (χ0v) is 9.52. The third kappa shape index (κ3) is 1.79. The number of carbonyl (C=O) groups is 1. The molecule has 0 aromatic carbocycles. The molecule has 0 spiro atoms. The van der Waals surface area contributed by atoms with Crippen LogP contribution in [0, 0.1) is 0 Å². The predicted molar refractivity (Wildman–Crippen MR) is 62.3 cm³/mol. The van der Waals surface area contributed by atoms with E-state index in [2.05, 4.69) is 15.2 Å². The van der Waals surface area contributed by atoms with Crippen LogP contribution >= 0.6 is 0 Å². The van der Waals surface area contributed by atoms with Gasteiger partial charge in [-0.15, -0.1) is 10.2 Å². The van der Waals surface area contributed by atoms with Crippen LogP contribution in [0.15, 0.2) is 24.5 Å². The first kappa shape index (κ1) is 10.7. The predicted octanol–water partition coefficient (Wildman–Crippen LogP) is 0.391. The van der Waals surface area contributed by atoms with Crippen molar-refractivity contribution in [3.8, 4) is 0 Å². The van der Waals surface area contributed by atoms with E-state index in [4.69, 9.17) is 5.11 Å². The summed E-state index contributed by atoms with van der Waals surface area (Å²) >= 11 is 0. The quantitative estimate of drug-likeness (QED) is 0.824. The van der Waals surface area contributed by atoms with E-state index < -0.39 is 5.97 Å². The van der Waals surface area contributed by atoms with E-state index >= 15 is 0 Å². The Balaban J connectivity index is 1.88. The van der Waals surface area contributed by atoms with Gasteiger partial charge in [0.05, 0.1) is 6.54 Å². The molecule has 1 aliphatic heterocycles. The molecule has 0 radical (unpaired) electrons. The second kappa shape index (κ2) is 4.10. The highest BCUT2D eigenvalue weighted by Crippen LogP contribution is 2.17. The maximum atomic E-state index is 10.9. The number of fused-ring (bicyclic) bond motifs is 1. The second-order valence-electron chi connectivity index (χ2n) is 4.05. The zero-order chi connectivity index (χ0) is 12.5. The van der Waals surface area contributed by atoms with Crippen molar-refractivity contribution in [2.75, 3.05) is 11.4 Å². The van der Waals surface area contributed by atoms with Crippen molar-refractivity contribution in [3.05, 3.63) is 36.0 Å². The molecule has 0 amide bonds. The molecule has 1 aliphatic rings. The van der Waals surface area contributed by atoms with E-state index in [1.165, 1.54) is 6.07 Å². The molecular weight excluding hydrogens is 234 g/mol. The van der Waals surface area contributed by atoms with Gasteiger partial charge < -0.3 is 14.6 Å². The van der Waals surface area contributed by atoms with Crippen LogP contribution in [0.2, 0.25) is 0 Å². The van der Waals surface area contributed by atoms with E-state index in [-0.39, 0.29) is 5.69 Å². The summed E-state index contributed by atoms with van der Waals surface area (Å²) in [6, 6.07) is 4.99. The molecule has 18 heavy (non-hydrogen) atoms. The Morgan fingerprint density at radius 2 is 2.22 bits per heavy atom. The third-order valence-corrected chi connectivity index (χ3v) is 2.92. The lowest BCUT2D eigenvalue weighted by Gasteiger charge is -2.28. The number of pyridine rings is 1. The number of nitrogens with zero attached hydrogens (tertiary/aromatic N) is 5. The summed E-state index contributed by atoms with van der Waals surface area (Å²) in [6.45, 7) is 2.14. The first-order valence-corrected chi connectivity index (χ1v) is 5.56. The highest BCUT2D eigenvalue weighted by molar-refractivity contribution is 5.85. The summed E-state index contributed by atoms with van der Waals surface area (Å²) in [5, 5.41) is 16.8. The van der Waals surface area contributed by atoms with Gasteiger partial charge in [0.15, 0.2) is 11.5 Å². The summed E-state index contributed by atoms with van der Waals surface area (Å²) in [4.78, 5) is 17.0. The standard InChI is InChI=1S/C11H11N5O2/c17-11(18)8-2-1-3-9(13-8)15-4-5-16-7-12-14-10(16)6-15/h1-3,7H,4-6H2,(H,17,18). The topological polar surface area (TPSA) is 84.1 Å². The van der Waals surface area contributed by atoms with Gasteiger partial charge >= 0.3 is 5.97 Å². The SMILES string of the molecule is O=C(O)c1cccc(N2CCn3cnnc3C2)n1. The highest BCUT2D eigenvalue weighted by Gasteiger charge is 2.19. The lowest BCUT2D eigenvalue weighted by Crippen LogP contribution is -2.34. The van der Waals surface area contributed by atoms with Crippen LogP contribution in [0.25, 0.3) is 0 Å². The number of hydrogen-bond donors (Lipinski definition) is 1. The minimum Gasteiger partial charge on any atom is -0.477 e. The molecule has 0 atom stereocenters. The molecule has 0 aliphatic carbocycles. The van der Waals surface area contributed by atoms with Gasteiger partial charge in [-0.2, -0.15) is 0 Å². The van der Waals surface area contributed by atoms with E-state index in [1.807, 2.05) is 9.47 Å². The molecule has 3 heterocycles. The Bertz CT molecular complexity index is 595. The normalized spacial score (nSPS) is 14.3. The zero-order valence-electron chi connectivity index (χ0n) is 9.52. The molecule has 0 saturated carbocycles. The Morgan fingerprint density at radius 1 is 1.33 bits per heavy atom. The van der Waals surface area contributed by atoms with Gasteiger partial charge in [-0.25, -0.2) is 9.78 Å². The molecule has 2 aromatic rings. The fraction of sp³-hybridized carbons (Fsp3) is 0.273. The van der Waals surface area contributed by atoms with E-state index in [1.54, 1.807) is 18.5 Å². The summed E-state index contributed by atoms with van der Waals surface area (Å²) in [5.41, 5.74) is 0.0551. The Morgan fingerprint density at radius 3 is 3.06 bits per heavy atom. The molecule has 0 unspecified atom stereocenters. The maximum absolute atomic E-state index is 10.9. The fourth-order valence-electron chi connectivity index (χ4n) is 1.98. The molecule has 2 aromatic heterocycles. The van der Waals surface area contributed by atoms with Crippen molar-refractivity contribution in [1.82, 2.24) is 19.7 Å². The number of hydrogen-bond acceptors (Lipinski definition) is 5. The van der Waals surface area contributed by atoms with Gasteiger partial charge in [-0.3, -0.25) is 0 Å². The number of aromatic carboxylic acids is 1. The molecule has 3 rings (SSSR count). The van der Waals surface area contributed by atoms with E-state index in [0.29, 0.717) is 12.4 Å². The average Bonchev–Trinajstić information content (AvgIpc) is 2.86. The van der Waals surface area contributed by atoms with Crippen LogP contribution in [-0.4, -0.2) is 37.4 Å². The molecule has 0 bridgehead atoms. The van der Waals surface area contributed by atoms with Crippen LogP contribution in [0.3, 0.4) is 0 Å². The minimum atomic E-state index is -1.02. The third-order valence-electron chi connectivity index (χ3n) is 2.92. The number of rotatable bonds is 2. The Kier molecular flexibility index (Phi) is 2.44. The van der Waals surface area contributed by atoms with E-state index in [0.717, 1.165) is 18.9 Å². The van der Waals surface area contributed by atoms with Gasteiger partial charge in [0.2, 0.25) is 0 Å². The van der Waals surface area contributed by atoms with Crippen LogP contribution in [-0.2, 0) is 13.1 Å². The highest BCUT2D eigenvalue weighted by atomic mass is 16.4. The lowest BCUT2D eigenvalue weighted by atomic mass is 10.3. The Hall–Kier alpha value is -2.44. The van der Waals surface area contributed by atoms with Crippen molar-refractivity contribution < 1.29 is 9.90 Å². The maximum Gasteiger partial charge on any atom is 0.354 e. The summed E-state index contributed by atoms with van der Waals surface area (Å²) in [6.07, 6.45) is 1.70. The average molecular weight is 245 g/mol. The lowest BCUT2D eigenvalue weighted by molar-refractivity contribution is 0.0690. The van der Waals surface area contributed by atoms with E-state index in [9.17, 15) is 4.79 Å². The summed E-state index contributed by atoms with van der Waals surface area (Å²) in [5.74, 6) is 0.505. The van der Waals surface area contributed by atoms with Crippen molar-refractivity contribution in [1.29, 1.82) is 0 Å². The number of carboxylic acids is 1. The first-order chi connectivity index (χ1) is 8.74. The van der Waals surface area contributed by atoms with Gasteiger partial charge in [-0.05, 0) is 12.1 Å². The smallest absolute Gasteiger partial charge is 0.354 e. The van der Waals surface area contributed by atoms with Crippen LogP contribution < -0.4 is 4.90 Å². The number of anilines is 1. The molecule has 1 N–H and O–H groups in total. The van der Waals surface area contributed by atoms with Gasteiger partial charge in [0, 0.05) is 13.1 Å². The molecule has 7 heteroatoms. The largest absolute Gasteiger partial charge is 0.477 e. The van der Waals surface area contributed by atoms with Gasteiger partial charge in [-0.1, -0.05) is 6.07 Å². The van der Waals surface area contributed by atoms with Gasteiger partial charge in [0.1, 0.15) is 12.1 Å². The fourth-order valence-corrected chi connectivity index (χ4v) is 1.98. The minimum absolute atomic E-state index is 0.0551. The van der Waals surface area contributed by atoms with Crippen LogP contribution in [0.4, 0.5) is 5.82 Å². The van der Waals surface area contributed by atoms with Crippen molar-refractivity contribution in [2.45, 2.75) is 13.1 Å². The Labute approximate surface area is 103 Å². The first-order valence-electron chi connectivity index (χ1n) is 5.56. The molecule has 0 saturated heterocycles. The van der Waals surface area contributed by atoms with Crippen molar-refractivity contribution in [2.24, 2.45) is 0 Å². The van der Waals surface area contributed by atoms with Crippen LogP contribution in [0.5, 0.6) is 0 Å². The molecule has 7 nitrogen and oxygen atoms in total. The summed E-state index contributed by atoms with van der Waals surface area (Å²) < 4.78 is 1.98. The summed E-state index contributed by atoms with van der Waals surface area (Å²) in [7, 11) is 0. The molecular formula is C11H11N5O2. The van der Waals surface area contributed by atoms with Gasteiger partial charge in [0.25, 0.3) is 0 Å². The molecule has 92 valence electrons. The number of aromatic nitrogens is 4. The number of carboxylic acid groups (broad SMARTS) is 1.